The van der Waals surface area contributed by atoms with Crippen molar-refractivity contribution in [1.29, 1.82) is 0 Å². The highest BCUT2D eigenvalue weighted by Gasteiger charge is 2.11. The molecule has 1 N–H and O–H groups in total. The predicted octanol–water partition coefficient (Wildman–Crippen LogP) is 3.93. The van der Waals surface area contributed by atoms with E-state index in [-0.39, 0.29) is 5.91 Å². The summed E-state index contributed by atoms with van der Waals surface area (Å²) in [4.78, 5) is 16.3. The number of carbonyl (C=O) groups is 1. The van der Waals surface area contributed by atoms with E-state index in [4.69, 9.17) is 0 Å². The highest BCUT2D eigenvalue weighted by atomic mass is 79.9. The van der Waals surface area contributed by atoms with Crippen LogP contribution in [0.4, 0.5) is 0 Å². The van der Waals surface area contributed by atoms with Crippen molar-refractivity contribution in [2.24, 2.45) is 0 Å². The number of hydrogen-bond acceptors (Lipinski definition) is 2. The van der Waals surface area contributed by atoms with Crippen LogP contribution in [0.25, 0.3) is 10.8 Å². The number of pyridine rings is 1. The molecule has 0 saturated heterocycles. The third-order valence-electron chi connectivity index (χ3n) is 3.29. The minimum absolute atomic E-state index is 0.185. The zero-order valence-corrected chi connectivity index (χ0v) is 12.8. The van der Waals surface area contributed by atoms with Gasteiger partial charge in [-0.2, -0.15) is 0 Å². The number of hydrogen-bond donors (Lipinski definition) is 1. The normalized spacial score (nSPS) is 10.5. The predicted molar refractivity (Wildman–Crippen MR) is 87.1 cm³/mol. The van der Waals surface area contributed by atoms with Crippen LogP contribution in [0.1, 0.15) is 16.1 Å². The van der Waals surface area contributed by atoms with Crippen LogP contribution in [0.15, 0.2) is 65.3 Å². The fraction of sp³-hybridized carbons (Fsp3) is 0.0588. The van der Waals surface area contributed by atoms with Crippen LogP contribution in [0, 0.1) is 0 Å². The van der Waals surface area contributed by atoms with E-state index >= 15 is 0 Å². The Bertz CT molecular complexity index is 796. The molecule has 21 heavy (non-hydrogen) atoms. The maximum Gasteiger partial charge on any atom is 0.271 e. The molecule has 0 fully saturated rings. The maximum atomic E-state index is 12.2. The summed E-state index contributed by atoms with van der Waals surface area (Å²) in [5, 5.41) is 5.24. The molecule has 2 aromatic carbocycles. The quantitative estimate of drug-likeness (QED) is 0.784. The lowest BCUT2D eigenvalue weighted by Gasteiger charge is -2.09. The minimum atomic E-state index is -0.185. The van der Waals surface area contributed by atoms with Crippen molar-refractivity contribution >= 4 is 32.6 Å². The summed E-state index contributed by atoms with van der Waals surface area (Å²) in [7, 11) is 0. The second-order valence-electron chi connectivity index (χ2n) is 4.65. The van der Waals surface area contributed by atoms with Crippen LogP contribution in [0.2, 0.25) is 0 Å². The molecule has 0 atom stereocenters. The summed E-state index contributed by atoms with van der Waals surface area (Å²) in [6.07, 6.45) is 1.61. The highest BCUT2D eigenvalue weighted by Crippen LogP contribution is 2.18. The van der Waals surface area contributed by atoms with E-state index in [0.717, 1.165) is 10.9 Å². The van der Waals surface area contributed by atoms with Crippen molar-refractivity contribution in [3.05, 3.63) is 76.5 Å². The smallest absolute Gasteiger partial charge is 0.271 e. The fourth-order valence-corrected chi connectivity index (χ4v) is 2.69. The molecule has 0 aliphatic rings. The van der Waals surface area contributed by atoms with Crippen molar-refractivity contribution in [3.8, 4) is 0 Å². The van der Waals surface area contributed by atoms with E-state index in [1.54, 1.807) is 18.3 Å². The standard InChI is InChI=1S/C17H13BrN2O/c18-15-9-4-10-19-16(15)17(21)20-11-13-7-3-6-12-5-1-2-8-14(12)13/h1-10H,11H2,(H,20,21). The van der Waals surface area contributed by atoms with Crippen molar-refractivity contribution in [2.45, 2.75) is 6.54 Å². The molecule has 0 spiro atoms. The number of carbonyl (C=O) groups excluding carboxylic acids is 1. The van der Waals surface area contributed by atoms with Crippen LogP contribution in [0.3, 0.4) is 0 Å². The molecule has 1 heterocycles. The number of nitrogens with zero attached hydrogens (tertiary/aromatic N) is 1. The Morgan fingerprint density at radius 2 is 1.86 bits per heavy atom. The first-order valence-electron chi connectivity index (χ1n) is 6.61. The van der Waals surface area contributed by atoms with Crippen LogP contribution >= 0.6 is 15.9 Å². The molecule has 3 nitrogen and oxygen atoms in total. The van der Waals surface area contributed by atoms with E-state index in [1.165, 1.54) is 5.39 Å². The zero-order valence-electron chi connectivity index (χ0n) is 11.2. The second kappa shape index (κ2) is 6.06. The van der Waals surface area contributed by atoms with Gasteiger partial charge in [0, 0.05) is 17.2 Å². The number of benzene rings is 2. The van der Waals surface area contributed by atoms with E-state index in [9.17, 15) is 4.79 Å². The summed E-state index contributed by atoms with van der Waals surface area (Å²) in [6, 6.07) is 17.8. The van der Waals surface area contributed by atoms with Gasteiger partial charge in [0.05, 0.1) is 0 Å². The van der Waals surface area contributed by atoms with Gasteiger partial charge in [0.1, 0.15) is 5.69 Å². The lowest BCUT2D eigenvalue weighted by molar-refractivity contribution is 0.0945. The number of aromatic nitrogens is 1. The van der Waals surface area contributed by atoms with Crippen molar-refractivity contribution in [3.63, 3.8) is 0 Å². The summed E-state index contributed by atoms with van der Waals surface area (Å²) in [5.74, 6) is -0.185. The molecular weight excluding hydrogens is 328 g/mol. The first kappa shape index (κ1) is 13.8. The van der Waals surface area contributed by atoms with E-state index in [1.807, 2.05) is 24.3 Å². The third-order valence-corrected chi connectivity index (χ3v) is 3.93. The Morgan fingerprint density at radius 3 is 2.71 bits per heavy atom. The average molecular weight is 341 g/mol. The highest BCUT2D eigenvalue weighted by molar-refractivity contribution is 9.10. The number of fused-ring (bicyclic) bond motifs is 1. The molecule has 3 aromatic rings. The lowest BCUT2D eigenvalue weighted by Crippen LogP contribution is -2.24. The summed E-state index contributed by atoms with van der Waals surface area (Å²) in [5.41, 5.74) is 1.49. The van der Waals surface area contributed by atoms with Crippen LogP contribution in [-0.2, 0) is 6.54 Å². The topological polar surface area (TPSA) is 42.0 Å². The van der Waals surface area contributed by atoms with Crippen LogP contribution < -0.4 is 5.32 Å². The molecular formula is C17H13BrN2O. The second-order valence-corrected chi connectivity index (χ2v) is 5.51. The molecule has 0 radical (unpaired) electrons. The zero-order chi connectivity index (χ0) is 14.7. The Kier molecular flexibility index (Phi) is 3.97. The monoisotopic (exact) mass is 340 g/mol. The fourth-order valence-electron chi connectivity index (χ4n) is 2.26. The van der Waals surface area contributed by atoms with Crippen molar-refractivity contribution in [2.75, 3.05) is 0 Å². The Labute approximate surface area is 131 Å². The van der Waals surface area contributed by atoms with Crippen LogP contribution in [-0.4, -0.2) is 10.9 Å². The number of nitrogens with one attached hydrogen (secondary N) is 1. The van der Waals surface area contributed by atoms with E-state index in [0.29, 0.717) is 16.7 Å². The van der Waals surface area contributed by atoms with Gasteiger partial charge >= 0.3 is 0 Å². The van der Waals surface area contributed by atoms with Gasteiger partial charge in [0.2, 0.25) is 0 Å². The van der Waals surface area contributed by atoms with Gasteiger partial charge in [0.25, 0.3) is 5.91 Å². The Balaban J connectivity index is 1.81. The molecule has 0 aliphatic heterocycles. The number of rotatable bonds is 3. The molecule has 0 aliphatic carbocycles. The van der Waals surface area contributed by atoms with E-state index in [2.05, 4.69) is 44.4 Å². The first-order valence-corrected chi connectivity index (χ1v) is 7.40. The molecule has 104 valence electrons. The van der Waals surface area contributed by atoms with Gasteiger partial charge in [-0.3, -0.25) is 4.79 Å². The maximum absolute atomic E-state index is 12.2. The summed E-state index contributed by atoms with van der Waals surface area (Å²) in [6.45, 7) is 0.475. The van der Waals surface area contributed by atoms with Gasteiger partial charge in [0.15, 0.2) is 0 Å². The Morgan fingerprint density at radius 1 is 1.05 bits per heavy atom. The van der Waals surface area contributed by atoms with Crippen LogP contribution in [0.5, 0.6) is 0 Å². The molecule has 0 bridgehead atoms. The lowest BCUT2D eigenvalue weighted by atomic mass is 10.0. The average Bonchev–Trinajstić information content (AvgIpc) is 2.53. The molecule has 3 rings (SSSR count). The van der Waals surface area contributed by atoms with Crippen molar-refractivity contribution < 1.29 is 4.79 Å². The third kappa shape index (κ3) is 2.95. The minimum Gasteiger partial charge on any atom is -0.347 e. The number of amides is 1. The Hall–Kier alpha value is -2.20. The van der Waals surface area contributed by atoms with Gasteiger partial charge in [-0.15, -0.1) is 0 Å². The molecule has 1 amide bonds. The molecule has 1 aromatic heterocycles. The largest absolute Gasteiger partial charge is 0.347 e. The van der Waals surface area contributed by atoms with Crippen molar-refractivity contribution in [1.82, 2.24) is 10.3 Å². The molecule has 0 unspecified atom stereocenters. The first-order chi connectivity index (χ1) is 10.3. The molecule has 0 saturated carbocycles. The summed E-state index contributed by atoms with van der Waals surface area (Å²) < 4.78 is 0.695. The van der Waals surface area contributed by atoms with Gasteiger partial charge < -0.3 is 5.32 Å². The SMILES string of the molecule is O=C(NCc1cccc2ccccc12)c1ncccc1Br. The van der Waals surface area contributed by atoms with Gasteiger partial charge in [-0.1, -0.05) is 42.5 Å². The number of halogens is 1. The van der Waals surface area contributed by atoms with Gasteiger partial charge in [-0.05, 0) is 44.4 Å². The van der Waals surface area contributed by atoms with E-state index < -0.39 is 0 Å². The molecule has 4 heteroatoms. The summed E-state index contributed by atoms with van der Waals surface area (Å²) >= 11 is 3.34. The van der Waals surface area contributed by atoms with Gasteiger partial charge in [-0.25, -0.2) is 4.98 Å².